The number of hydrogen-bond donors (Lipinski definition) is 0. The first-order valence-corrected chi connectivity index (χ1v) is 7.49. The second kappa shape index (κ2) is 8.16. The molecule has 0 N–H and O–H groups in total. The van der Waals surface area contributed by atoms with Gasteiger partial charge in [-0.05, 0) is 35.1 Å². The standard InChI is InChI=1S/C18H14F6N2/c19-17(20,21)25-11-13-5-1-3-7-15(9-13)16-8-4-2-6-14(10-16)12-26-18(22,23)24/h1-8,11-12H,9-10H2. The summed E-state index contributed by atoms with van der Waals surface area (Å²) in [6.07, 6.45) is 5.47. The summed E-state index contributed by atoms with van der Waals surface area (Å²) in [5.41, 5.74) is 2.06. The monoisotopic (exact) mass is 372 g/mol. The SMILES string of the molecule is FC(F)(F)N=CC1=CC=CC=C(C2=CC=CC=C(C=NC(F)(F)F)C2)C1. The third-order valence-electron chi connectivity index (χ3n) is 3.39. The molecule has 2 aliphatic carbocycles. The lowest BCUT2D eigenvalue weighted by molar-refractivity contribution is -0.120. The summed E-state index contributed by atoms with van der Waals surface area (Å²) < 4.78 is 73.5. The number of hydrogen-bond acceptors (Lipinski definition) is 2. The Balaban J connectivity index is 2.17. The highest BCUT2D eigenvalue weighted by Crippen LogP contribution is 2.28. The number of nitrogens with zero attached hydrogens (tertiary/aromatic N) is 2. The van der Waals surface area contributed by atoms with Gasteiger partial charge in [0.1, 0.15) is 0 Å². The van der Waals surface area contributed by atoms with Crippen molar-refractivity contribution < 1.29 is 26.3 Å². The molecule has 0 saturated heterocycles. The van der Waals surface area contributed by atoms with Gasteiger partial charge in [-0.3, -0.25) is 0 Å². The molecule has 0 amide bonds. The van der Waals surface area contributed by atoms with E-state index in [0.29, 0.717) is 22.3 Å². The Bertz CT molecular complexity index is 702. The quantitative estimate of drug-likeness (QED) is 0.340. The number of allylic oxidation sites excluding steroid dienone is 12. The fourth-order valence-electron chi connectivity index (χ4n) is 2.31. The molecular formula is C18H14F6N2. The molecule has 26 heavy (non-hydrogen) atoms. The topological polar surface area (TPSA) is 24.7 Å². The van der Waals surface area contributed by atoms with Crippen molar-refractivity contribution in [3.8, 4) is 0 Å². The van der Waals surface area contributed by atoms with Crippen molar-refractivity contribution in [1.82, 2.24) is 0 Å². The number of alkyl halides is 6. The summed E-state index contributed by atoms with van der Waals surface area (Å²) in [7, 11) is 0. The van der Waals surface area contributed by atoms with E-state index >= 15 is 0 Å². The third-order valence-corrected chi connectivity index (χ3v) is 3.39. The van der Waals surface area contributed by atoms with Crippen LogP contribution in [0.2, 0.25) is 0 Å². The van der Waals surface area contributed by atoms with Crippen molar-refractivity contribution in [2.24, 2.45) is 9.98 Å². The zero-order valence-corrected chi connectivity index (χ0v) is 13.3. The Labute approximate surface area is 146 Å². The molecule has 8 heteroatoms. The van der Waals surface area contributed by atoms with Crippen LogP contribution in [0.1, 0.15) is 12.8 Å². The molecule has 0 aromatic rings. The van der Waals surface area contributed by atoms with E-state index in [1.165, 1.54) is 12.2 Å². The van der Waals surface area contributed by atoms with Gasteiger partial charge in [-0.15, -0.1) is 26.3 Å². The molecule has 0 fully saturated rings. The van der Waals surface area contributed by atoms with Crippen LogP contribution in [0.15, 0.2) is 80.9 Å². The average molecular weight is 372 g/mol. The van der Waals surface area contributed by atoms with E-state index in [-0.39, 0.29) is 12.8 Å². The molecule has 0 aromatic heterocycles. The van der Waals surface area contributed by atoms with Crippen LogP contribution in [0.3, 0.4) is 0 Å². The van der Waals surface area contributed by atoms with Gasteiger partial charge >= 0.3 is 12.6 Å². The summed E-state index contributed by atoms with van der Waals surface area (Å²) >= 11 is 0. The second-order valence-corrected chi connectivity index (χ2v) is 5.44. The van der Waals surface area contributed by atoms with E-state index in [2.05, 4.69) is 9.98 Å². The normalized spacial score (nSPS) is 19.2. The number of halogens is 6. The van der Waals surface area contributed by atoms with Gasteiger partial charge in [-0.1, -0.05) is 48.6 Å². The minimum atomic E-state index is -4.66. The lowest BCUT2D eigenvalue weighted by atomic mass is 9.94. The molecule has 138 valence electrons. The third kappa shape index (κ3) is 7.08. The highest BCUT2D eigenvalue weighted by atomic mass is 19.4. The summed E-state index contributed by atoms with van der Waals surface area (Å²) in [5.74, 6) is 0. The zero-order valence-electron chi connectivity index (χ0n) is 13.3. The maximum atomic E-state index is 12.3. The zero-order chi connectivity index (χ0) is 19.2. The predicted molar refractivity (Wildman–Crippen MR) is 88.9 cm³/mol. The summed E-state index contributed by atoms with van der Waals surface area (Å²) in [6, 6.07) is 0. The van der Waals surface area contributed by atoms with Crippen molar-refractivity contribution in [2.45, 2.75) is 25.4 Å². The molecule has 2 rings (SSSR count). The van der Waals surface area contributed by atoms with E-state index < -0.39 is 12.6 Å². The first-order chi connectivity index (χ1) is 12.1. The van der Waals surface area contributed by atoms with Gasteiger partial charge in [-0.2, -0.15) is 9.98 Å². The van der Waals surface area contributed by atoms with Crippen LogP contribution in [0.4, 0.5) is 26.3 Å². The van der Waals surface area contributed by atoms with Crippen LogP contribution >= 0.6 is 0 Å². The van der Waals surface area contributed by atoms with Crippen LogP contribution in [-0.4, -0.2) is 25.0 Å². The van der Waals surface area contributed by atoms with Gasteiger partial charge < -0.3 is 0 Å². The second-order valence-electron chi connectivity index (χ2n) is 5.44. The number of aliphatic imine (C=N–C) groups is 2. The number of rotatable bonds is 3. The maximum Gasteiger partial charge on any atom is 0.503 e. The Morgan fingerprint density at radius 1 is 0.615 bits per heavy atom. The van der Waals surface area contributed by atoms with Gasteiger partial charge in [0.05, 0.1) is 0 Å². The largest absolute Gasteiger partial charge is 0.503 e. The van der Waals surface area contributed by atoms with E-state index in [1.807, 2.05) is 0 Å². The Hall–Kier alpha value is -2.64. The summed E-state index contributed by atoms with van der Waals surface area (Å²) in [6.45, 7) is 0. The fraction of sp³-hybridized carbons (Fsp3) is 0.222. The van der Waals surface area contributed by atoms with Gasteiger partial charge in [0.2, 0.25) is 0 Å². The van der Waals surface area contributed by atoms with Crippen molar-refractivity contribution in [3.63, 3.8) is 0 Å². The van der Waals surface area contributed by atoms with Crippen LogP contribution in [0.25, 0.3) is 0 Å². The summed E-state index contributed by atoms with van der Waals surface area (Å²) in [5, 5.41) is 0. The van der Waals surface area contributed by atoms with Gasteiger partial charge in [0, 0.05) is 12.4 Å². The molecule has 0 bridgehead atoms. The molecule has 0 unspecified atom stereocenters. The molecular weight excluding hydrogens is 358 g/mol. The van der Waals surface area contributed by atoms with Gasteiger partial charge in [-0.25, -0.2) is 0 Å². The van der Waals surface area contributed by atoms with Gasteiger partial charge in [0.15, 0.2) is 0 Å². The summed E-state index contributed by atoms with van der Waals surface area (Å²) in [4.78, 5) is 5.09. The predicted octanol–water partition coefficient (Wildman–Crippen LogP) is 5.79. The van der Waals surface area contributed by atoms with Crippen molar-refractivity contribution in [3.05, 3.63) is 70.9 Å². The first kappa shape index (κ1) is 19.7. The molecule has 0 aromatic carbocycles. The van der Waals surface area contributed by atoms with E-state index in [9.17, 15) is 26.3 Å². The van der Waals surface area contributed by atoms with Crippen molar-refractivity contribution in [1.29, 1.82) is 0 Å². The van der Waals surface area contributed by atoms with Crippen LogP contribution in [-0.2, 0) is 0 Å². The molecule has 0 atom stereocenters. The average Bonchev–Trinajstić information content (AvgIpc) is 2.90. The minimum absolute atomic E-state index is 0.177. The first-order valence-electron chi connectivity index (χ1n) is 7.49. The maximum absolute atomic E-state index is 12.3. The lowest BCUT2D eigenvalue weighted by Gasteiger charge is -2.12. The van der Waals surface area contributed by atoms with E-state index in [1.54, 1.807) is 36.5 Å². The van der Waals surface area contributed by atoms with Crippen LogP contribution < -0.4 is 0 Å². The molecule has 0 heterocycles. The van der Waals surface area contributed by atoms with Crippen LogP contribution in [0, 0.1) is 0 Å². The lowest BCUT2D eigenvalue weighted by Crippen LogP contribution is -2.04. The molecule has 0 radical (unpaired) electrons. The van der Waals surface area contributed by atoms with Gasteiger partial charge in [0.25, 0.3) is 0 Å². The van der Waals surface area contributed by atoms with Crippen molar-refractivity contribution >= 4 is 12.4 Å². The molecule has 0 aliphatic heterocycles. The van der Waals surface area contributed by atoms with Crippen LogP contribution in [0.5, 0.6) is 0 Å². The van der Waals surface area contributed by atoms with Crippen molar-refractivity contribution in [2.75, 3.05) is 0 Å². The highest BCUT2D eigenvalue weighted by Gasteiger charge is 2.26. The molecule has 0 saturated carbocycles. The Morgan fingerprint density at radius 3 is 1.31 bits per heavy atom. The Kier molecular flexibility index (Phi) is 6.18. The smallest absolute Gasteiger partial charge is 0.192 e. The molecule has 2 nitrogen and oxygen atoms in total. The molecule has 2 aliphatic rings. The fourth-order valence-corrected chi connectivity index (χ4v) is 2.31. The minimum Gasteiger partial charge on any atom is -0.192 e. The highest BCUT2D eigenvalue weighted by molar-refractivity contribution is 5.82. The van der Waals surface area contributed by atoms with E-state index in [4.69, 9.17) is 0 Å². The Morgan fingerprint density at radius 2 is 0.962 bits per heavy atom. The van der Waals surface area contributed by atoms with E-state index in [0.717, 1.165) is 12.4 Å². The molecule has 0 spiro atoms.